The number of nitrogens with zero attached hydrogens (tertiary/aromatic N) is 5. The molecule has 0 aliphatic carbocycles. The number of hydrogen-bond acceptors (Lipinski definition) is 6. The molecule has 2 aromatic rings. The Hall–Kier alpha value is -2.70. The molecular formula is C19H26N6O. The first kappa shape index (κ1) is 18.1. The normalized spacial score (nSPS) is 14.6. The van der Waals surface area contributed by atoms with E-state index in [0.717, 1.165) is 50.7 Å². The van der Waals surface area contributed by atoms with Crippen molar-refractivity contribution in [3.63, 3.8) is 0 Å². The van der Waals surface area contributed by atoms with Crippen LogP contribution < -0.4 is 15.1 Å². The molecule has 26 heavy (non-hydrogen) atoms. The molecule has 7 nitrogen and oxygen atoms in total. The Labute approximate surface area is 154 Å². The summed E-state index contributed by atoms with van der Waals surface area (Å²) < 4.78 is 0. The van der Waals surface area contributed by atoms with Gasteiger partial charge >= 0.3 is 0 Å². The number of pyridine rings is 1. The first-order valence-electron chi connectivity index (χ1n) is 9.26. The molecule has 0 saturated carbocycles. The maximum Gasteiger partial charge on any atom is 0.228 e. The number of nitrogens with one attached hydrogen (secondary N) is 1. The maximum absolute atomic E-state index is 12.1. The average Bonchev–Trinajstić information content (AvgIpc) is 2.70. The maximum atomic E-state index is 12.1. The van der Waals surface area contributed by atoms with E-state index in [2.05, 4.69) is 30.3 Å². The lowest BCUT2D eigenvalue weighted by Gasteiger charge is -2.35. The summed E-state index contributed by atoms with van der Waals surface area (Å²) >= 11 is 0. The standard InChI is InChI=1S/C19H26N6O/c1-3-15(4-2)19(26)21-16-8-9-18(23-22-16)25-13-11-24(12-14-25)17-7-5-6-10-20-17/h5-10,15H,3-4,11-14H2,1-2H3,(H,21,22,26). The van der Waals surface area contributed by atoms with E-state index in [-0.39, 0.29) is 11.8 Å². The van der Waals surface area contributed by atoms with Crippen LogP contribution in [-0.4, -0.2) is 47.3 Å². The fourth-order valence-electron chi connectivity index (χ4n) is 3.15. The number of carbonyl (C=O) groups excluding carboxylic acids is 1. The van der Waals surface area contributed by atoms with E-state index in [1.54, 1.807) is 0 Å². The first-order valence-corrected chi connectivity index (χ1v) is 9.26. The summed E-state index contributed by atoms with van der Waals surface area (Å²) in [7, 11) is 0. The van der Waals surface area contributed by atoms with Crippen molar-refractivity contribution >= 4 is 23.4 Å². The summed E-state index contributed by atoms with van der Waals surface area (Å²) in [4.78, 5) is 21.0. The zero-order chi connectivity index (χ0) is 18.4. The zero-order valence-electron chi connectivity index (χ0n) is 15.4. The van der Waals surface area contributed by atoms with Crippen LogP contribution in [0.15, 0.2) is 36.5 Å². The van der Waals surface area contributed by atoms with E-state index in [0.29, 0.717) is 5.82 Å². The van der Waals surface area contributed by atoms with Gasteiger partial charge in [0.2, 0.25) is 5.91 Å². The van der Waals surface area contributed by atoms with Crippen molar-refractivity contribution in [2.45, 2.75) is 26.7 Å². The van der Waals surface area contributed by atoms with Crippen LogP contribution in [0.2, 0.25) is 0 Å². The largest absolute Gasteiger partial charge is 0.353 e. The van der Waals surface area contributed by atoms with Crippen molar-refractivity contribution < 1.29 is 4.79 Å². The zero-order valence-corrected chi connectivity index (χ0v) is 15.4. The van der Waals surface area contributed by atoms with Gasteiger partial charge in [0.1, 0.15) is 5.82 Å². The SMILES string of the molecule is CCC(CC)C(=O)Nc1ccc(N2CCN(c3ccccn3)CC2)nn1. The van der Waals surface area contributed by atoms with Crippen molar-refractivity contribution in [1.29, 1.82) is 0 Å². The van der Waals surface area contributed by atoms with Gasteiger partial charge in [-0.15, -0.1) is 10.2 Å². The van der Waals surface area contributed by atoms with Crippen LogP contribution in [0.25, 0.3) is 0 Å². The summed E-state index contributed by atoms with van der Waals surface area (Å²) in [6.07, 6.45) is 3.48. The van der Waals surface area contributed by atoms with Crippen LogP contribution in [0.5, 0.6) is 0 Å². The highest BCUT2D eigenvalue weighted by molar-refractivity contribution is 5.91. The minimum absolute atomic E-state index is 0.0148. The molecule has 2 aromatic heterocycles. The van der Waals surface area contributed by atoms with Gasteiger partial charge < -0.3 is 15.1 Å². The Bertz CT molecular complexity index is 694. The van der Waals surface area contributed by atoms with Crippen LogP contribution in [0.4, 0.5) is 17.5 Å². The molecule has 0 aromatic carbocycles. The number of hydrogen-bond donors (Lipinski definition) is 1. The number of aromatic nitrogens is 3. The van der Waals surface area contributed by atoms with Gasteiger partial charge in [0.15, 0.2) is 11.6 Å². The van der Waals surface area contributed by atoms with Crippen LogP contribution >= 0.6 is 0 Å². The molecular weight excluding hydrogens is 328 g/mol. The Morgan fingerprint density at radius 3 is 2.23 bits per heavy atom. The lowest BCUT2D eigenvalue weighted by Crippen LogP contribution is -2.47. The fraction of sp³-hybridized carbons (Fsp3) is 0.474. The predicted molar refractivity (Wildman–Crippen MR) is 103 cm³/mol. The molecule has 1 N–H and O–H groups in total. The number of rotatable bonds is 6. The highest BCUT2D eigenvalue weighted by atomic mass is 16.1. The molecule has 1 saturated heterocycles. The molecule has 3 heterocycles. The lowest BCUT2D eigenvalue weighted by atomic mass is 10.0. The first-order chi connectivity index (χ1) is 12.7. The molecule has 0 radical (unpaired) electrons. The van der Waals surface area contributed by atoms with Gasteiger partial charge in [0.25, 0.3) is 0 Å². The van der Waals surface area contributed by atoms with E-state index < -0.39 is 0 Å². The van der Waals surface area contributed by atoms with Crippen molar-refractivity contribution in [3.05, 3.63) is 36.5 Å². The quantitative estimate of drug-likeness (QED) is 0.859. The van der Waals surface area contributed by atoms with Gasteiger partial charge in [0, 0.05) is 38.3 Å². The average molecular weight is 354 g/mol. The van der Waals surface area contributed by atoms with Gasteiger partial charge in [-0.3, -0.25) is 4.79 Å². The van der Waals surface area contributed by atoms with E-state index in [1.807, 2.05) is 50.4 Å². The Kier molecular flexibility index (Phi) is 5.99. The Morgan fingerprint density at radius 1 is 1.00 bits per heavy atom. The summed E-state index contributed by atoms with van der Waals surface area (Å²) in [5, 5.41) is 11.3. The topological polar surface area (TPSA) is 74.2 Å². The van der Waals surface area contributed by atoms with E-state index in [1.165, 1.54) is 0 Å². The summed E-state index contributed by atoms with van der Waals surface area (Å²) in [6.45, 7) is 7.56. The number of piperazine rings is 1. The third-order valence-corrected chi connectivity index (χ3v) is 4.84. The van der Waals surface area contributed by atoms with Crippen LogP contribution in [-0.2, 0) is 4.79 Å². The van der Waals surface area contributed by atoms with Crippen LogP contribution in [0.1, 0.15) is 26.7 Å². The molecule has 1 amide bonds. The molecule has 138 valence electrons. The second-order valence-corrected chi connectivity index (χ2v) is 6.44. The monoisotopic (exact) mass is 354 g/mol. The molecule has 3 rings (SSSR count). The molecule has 0 spiro atoms. The highest BCUT2D eigenvalue weighted by Gasteiger charge is 2.20. The predicted octanol–water partition coefficient (Wildman–Crippen LogP) is 2.57. The van der Waals surface area contributed by atoms with Crippen molar-refractivity contribution in [3.8, 4) is 0 Å². The fourth-order valence-corrected chi connectivity index (χ4v) is 3.15. The summed E-state index contributed by atoms with van der Waals surface area (Å²) in [5.74, 6) is 2.40. The Balaban J connectivity index is 1.55. The molecule has 7 heteroatoms. The molecule has 1 fully saturated rings. The third kappa shape index (κ3) is 4.28. The third-order valence-electron chi connectivity index (χ3n) is 4.84. The number of carbonyl (C=O) groups is 1. The summed E-state index contributed by atoms with van der Waals surface area (Å²) in [6, 6.07) is 9.72. The smallest absolute Gasteiger partial charge is 0.228 e. The molecule has 0 bridgehead atoms. The summed E-state index contributed by atoms with van der Waals surface area (Å²) in [5.41, 5.74) is 0. The molecule has 0 unspecified atom stereocenters. The van der Waals surface area contributed by atoms with Gasteiger partial charge in [-0.1, -0.05) is 19.9 Å². The van der Waals surface area contributed by atoms with Gasteiger partial charge in [-0.2, -0.15) is 0 Å². The molecule has 1 aliphatic heterocycles. The Morgan fingerprint density at radius 2 is 1.69 bits per heavy atom. The van der Waals surface area contributed by atoms with Gasteiger partial charge in [0.05, 0.1) is 0 Å². The van der Waals surface area contributed by atoms with Crippen LogP contribution in [0.3, 0.4) is 0 Å². The van der Waals surface area contributed by atoms with Gasteiger partial charge in [-0.05, 0) is 37.1 Å². The van der Waals surface area contributed by atoms with E-state index in [4.69, 9.17) is 0 Å². The minimum atomic E-state index is 0.0148. The lowest BCUT2D eigenvalue weighted by molar-refractivity contribution is -0.120. The molecule has 1 aliphatic rings. The molecule has 0 atom stereocenters. The highest BCUT2D eigenvalue weighted by Crippen LogP contribution is 2.18. The van der Waals surface area contributed by atoms with E-state index in [9.17, 15) is 4.79 Å². The van der Waals surface area contributed by atoms with E-state index >= 15 is 0 Å². The second kappa shape index (κ2) is 8.60. The van der Waals surface area contributed by atoms with Crippen molar-refractivity contribution in [2.75, 3.05) is 41.3 Å². The minimum Gasteiger partial charge on any atom is -0.353 e. The van der Waals surface area contributed by atoms with Crippen molar-refractivity contribution in [2.24, 2.45) is 5.92 Å². The number of amides is 1. The van der Waals surface area contributed by atoms with Crippen LogP contribution in [0, 0.1) is 5.92 Å². The second-order valence-electron chi connectivity index (χ2n) is 6.44. The van der Waals surface area contributed by atoms with Crippen molar-refractivity contribution in [1.82, 2.24) is 15.2 Å². The van der Waals surface area contributed by atoms with Gasteiger partial charge in [-0.25, -0.2) is 4.98 Å². The number of anilines is 3.